The first-order valence-corrected chi connectivity index (χ1v) is 11.9. The molecular formula is C30H34O4. The maximum absolute atomic E-state index is 11.2. The van der Waals surface area contributed by atoms with Crippen molar-refractivity contribution in [1.29, 1.82) is 0 Å². The Labute approximate surface area is 201 Å². The maximum Gasteiger partial charge on any atom is 0.335 e. The van der Waals surface area contributed by atoms with Crippen molar-refractivity contribution < 1.29 is 20.1 Å². The summed E-state index contributed by atoms with van der Waals surface area (Å²) in [6, 6.07) is 19.7. The minimum absolute atomic E-state index is 0.0793. The topological polar surface area (TPSA) is 77.8 Å². The van der Waals surface area contributed by atoms with E-state index in [-0.39, 0.29) is 23.0 Å². The highest BCUT2D eigenvalue weighted by Gasteiger charge is 2.37. The van der Waals surface area contributed by atoms with Gasteiger partial charge in [-0.15, -0.1) is 0 Å². The molecule has 0 spiro atoms. The van der Waals surface area contributed by atoms with Crippen LogP contribution in [0.15, 0.2) is 60.7 Å². The fourth-order valence-corrected chi connectivity index (χ4v) is 5.08. The second kappa shape index (κ2) is 9.01. The van der Waals surface area contributed by atoms with Crippen molar-refractivity contribution in [2.45, 2.75) is 63.9 Å². The van der Waals surface area contributed by atoms with Crippen molar-refractivity contribution in [1.82, 2.24) is 0 Å². The van der Waals surface area contributed by atoms with Crippen LogP contribution in [-0.4, -0.2) is 34.0 Å². The van der Waals surface area contributed by atoms with E-state index in [9.17, 15) is 20.1 Å². The first-order valence-electron chi connectivity index (χ1n) is 11.9. The van der Waals surface area contributed by atoms with Crippen LogP contribution in [0.2, 0.25) is 0 Å². The van der Waals surface area contributed by atoms with Gasteiger partial charge in [0.15, 0.2) is 0 Å². The first kappa shape index (κ1) is 24.2. The number of aliphatic hydroxyl groups excluding tert-OH is 2. The third kappa shape index (κ3) is 4.66. The molecule has 1 unspecified atom stereocenters. The standard InChI is InChI=1S/C30H34O4/c1-29(2)13-14-30(3,4)27-17-23(11-12-26(27)29)25-16-21(9-10-22(25)15-24(32)18-31)19-5-7-20(8-6-19)28(33)34/h5-12,16-17,24,31-32H,13-15,18H2,1-4H3,(H,33,34). The number of carbonyl (C=O) groups is 1. The van der Waals surface area contributed by atoms with Gasteiger partial charge in [0.25, 0.3) is 0 Å². The van der Waals surface area contributed by atoms with Crippen molar-refractivity contribution in [3.63, 3.8) is 0 Å². The van der Waals surface area contributed by atoms with Crippen LogP contribution in [0.5, 0.6) is 0 Å². The molecule has 4 nitrogen and oxygen atoms in total. The Kier molecular flexibility index (Phi) is 6.41. The van der Waals surface area contributed by atoms with Crippen molar-refractivity contribution in [2.75, 3.05) is 6.61 Å². The SMILES string of the molecule is CC1(C)CCC(C)(C)c2cc(-c3cc(-c4ccc(C(=O)O)cc4)ccc3CC(O)CO)ccc21. The molecule has 0 amide bonds. The highest BCUT2D eigenvalue weighted by molar-refractivity contribution is 5.88. The summed E-state index contributed by atoms with van der Waals surface area (Å²) >= 11 is 0. The number of rotatable bonds is 6. The molecule has 0 saturated carbocycles. The summed E-state index contributed by atoms with van der Waals surface area (Å²) in [6.45, 7) is 8.95. The van der Waals surface area contributed by atoms with E-state index in [4.69, 9.17) is 0 Å². The van der Waals surface area contributed by atoms with Gasteiger partial charge >= 0.3 is 5.97 Å². The van der Waals surface area contributed by atoms with Gasteiger partial charge in [-0.25, -0.2) is 4.79 Å². The molecule has 1 aliphatic rings. The van der Waals surface area contributed by atoms with Crippen LogP contribution in [0.25, 0.3) is 22.3 Å². The lowest BCUT2D eigenvalue weighted by molar-refractivity contribution is 0.0697. The van der Waals surface area contributed by atoms with E-state index in [1.165, 1.54) is 11.1 Å². The average molecular weight is 459 g/mol. The Morgan fingerprint density at radius 1 is 0.824 bits per heavy atom. The van der Waals surface area contributed by atoms with Crippen molar-refractivity contribution in [3.05, 3.63) is 82.9 Å². The van der Waals surface area contributed by atoms with Gasteiger partial charge in [0.2, 0.25) is 0 Å². The summed E-state index contributed by atoms with van der Waals surface area (Å²) in [5.74, 6) is -0.944. The smallest absolute Gasteiger partial charge is 0.335 e. The van der Waals surface area contributed by atoms with Gasteiger partial charge in [-0.05, 0) is 80.8 Å². The number of carboxylic acid groups (broad SMARTS) is 1. The van der Waals surface area contributed by atoms with E-state index in [1.807, 2.05) is 24.3 Å². The van der Waals surface area contributed by atoms with Gasteiger partial charge < -0.3 is 15.3 Å². The summed E-state index contributed by atoms with van der Waals surface area (Å²) in [5, 5.41) is 28.9. The van der Waals surface area contributed by atoms with Crippen molar-refractivity contribution >= 4 is 5.97 Å². The number of hydrogen-bond acceptors (Lipinski definition) is 3. The molecule has 1 atom stereocenters. The third-order valence-corrected chi connectivity index (χ3v) is 7.41. The monoisotopic (exact) mass is 458 g/mol. The number of benzene rings is 3. The fraction of sp³-hybridized carbons (Fsp3) is 0.367. The van der Waals surface area contributed by atoms with Gasteiger partial charge in [0, 0.05) is 6.42 Å². The maximum atomic E-state index is 11.2. The quantitative estimate of drug-likeness (QED) is 0.426. The van der Waals surface area contributed by atoms with Crippen LogP contribution in [-0.2, 0) is 17.3 Å². The molecule has 0 heterocycles. The van der Waals surface area contributed by atoms with Crippen molar-refractivity contribution in [3.8, 4) is 22.3 Å². The molecule has 178 valence electrons. The molecular weight excluding hydrogens is 424 g/mol. The second-order valence-electron chi connectivity index (χ2n) is 10.8. The van der Waals surface area contributed by atoms with Crippen LogP contribution in [0.1, 0.15) is 67.6 Å². The molecule has 1 aliphatic carbocycles. The molecule has 34 heavy (non-hydrogen) atoms. The predicted octanol–water partition coefficient (Wildman–Crippen LogP) is 5.96. The van der Waals surface area contributed by atoms with Gasteiger partial charge in [-0.1, -0.05) is 70.2 Å². The highest BCUT2D eigenvalue weighted by atomic mass is 16.4. The molecule has 0 fully saturated rings. The predicted molar refractivity (Wildman–Crippen MR) is 136 cm³/mol. The Hall–Kier alpha value is -2.95. The lowest BCUT2D eigenvalue weighted by Gasteiger charge is -2.42. The molecule has 4 rings (SSSR count). The molecule has 4 heteroatoms. The van der Waals surface area contributed by atoms with Gasteiger partial charge in [0.1, 0.15) is 0 Å². The van der Waals surface area contributed by atoms with Crippen LogP contribution in [0, 0.1) is 0 Å². The normalized spacial score (nSPS) is 17.1. The molecule has 0 saturated heterocycles. The van der Waals surface area contributed by atoms with Gasteiger partial charge in [-0.3, -0.25) is 0 Å². The van der Waals surface area contributed by atoms with Gasteiger partial charge in [0.05, 0.1) is 18.3 Å². The molecule has 3 aromatic carbocycles. The summed E-state index contributed by atoms with van der Waals surface area (Å²) in [6.07, 6.45) is 1.81. The zero-order valence-corrected chi connectivity index (χ0v) is 20.4. The number of carboxylic acids is 1. The zero-order valence-electron chi connectivity index (χ0n) is 20.4. The minimum Gasteiger partial charge on any atom is -0.478 e. The van der Waals surface area contributed by atoms with Crippen LogP contribution in [0.3, 0.4) is 0 Å². The van der Waals surface area contributed by atoms with E-state index in [2.05, 4.69) is 52.0 Å². The third-order valence-electron chi connectivity index (χ3n) is 7.41. The summed E-state index contributed by atoms with van der Waals surface area (Å²) < 4.78 is 0. The van der Waals surface area contributed by atoms with E-state index in [0.29, 0.717) is 6.42 Å². The summed E-state index contributed by atoms with van der Waals surface area (Å²) in [5.41, 5.74) is 8.22. The van der Waals surface area contributed by atoms with Crippen molar-refractivity contribution in [2.24, 2.45) is 0 Å². The van der Waals surface area contributed by atoms with Gasteiger partial charge in [-0.2, -0.15) is 0 Å². The van der Waals surface area contributed by atoms with Crippen LogP contribution in [0.4, 0.5) is 0 Å². The number of aliphatic hydroxyl groups is 2. The number of hydrogen-bond donors (Lipinski definition) is 3. The Balaban J connectivity index is 1.85. The lowest BCUT2D eigenvalue weighted by Crippen LogP contribution is -2.33. The van der Waals surface area contributed by atoms with E-state index in [1.54, 1.807) is 12.1 Å². The average Bonchev–Trinajstić information content (AvgIpc) is 2.82. The molecule has 0 bridgehead atoms. The molecule has 0 aliphatic heterocycles. The Morgan fingerprint density at radius 2 is 1.41 bits per heavy atom. The molecule has 0 aromatic heterocycles. The largest absolute Gasteiger partial charge is 0.478 e. The first-order chi connectivity index (χ1) is 16.0. The van der Waals surface area contributed by atoms with E-state index < -0.39 is 12.1 Å². The van der Waals surface area contributed by atoms with Crippen LogP contribution < -0.4 is 0 Å². The Morgan fingerprint density at radius 3 is 2.03 bits per heavy atom. The fourth-order valence-electron chi connectivity index (χ4n) is 5.08. The zero-order chi connectivity index (χ0) is 24.7. The lowest BCUT2D eigenvalue weighted by atomic mass is 9.63. The Bertz CT molecular complexity index is 1200. The molecule has 3 N–H and O–H groups in total. The summed E-state index contributed by atoms with van der Waals surface area (Å²) in [7, 11) is 0. The molecule has 0 radical (unpaired) electrons. The minimum atomic E-state index is -0.944. The second-order valence-corrected chi connectivity index (χ2v) is 10.8. The molecule has 3 aromatic rings. The summed E-state index contributed by atoms with van der Waals surface area (Å²) in [4.78, 5) is 11.2. The van der Waals surface area contributed by atoms with E-state index in [0.717, 1.165) is 40.7 Å². The van der Waals surface area contributed by atoms with Crippen LogP contribution >= 0.6 is 0 Å². The number of fused-ring (bicyclic) bond motifs is 1. The highest BCUT2D eigenvalue weighted by Crippen LogP contribution is 2.47. The number of aromatic carboxylic acids is 1. The van der Waals surface area contributed by atoms with E-state index >= 15 is 0 Å².